The Labute approximate surface area is 104 Å². The Balaban J connectivity index is 2.56. The summed E-state index contributed by atoms with van der Waals surface area (Å²) in [4.78, 5) is 2.03. The number of alkyl halides is 1. The molecule has 4 heteroatoms. The van der Waals surface area contributed by atoms with Crippen molar-refractivity contribution in [2.45, 2.75) is 12.6 Å². The van der Waals surface area contributed by atoms with Crippen LogP contribution in [0, 0.1) is 11.3 Å². The first-order valence-electron chi connectivity index (χ1n) is 5.07. The Morgan fingerprint density at radius 1 is 1.56 bits per heavy atom. The van der Waals surface area contributed by atoms with Crippen molar-refractivity contribution in [3.8, 4) is 6.07 Å². The lowest BCUT2D eigenvalue weighted by molar-refractivity contribution is 0.143. The molecule has 0 fully saturated rings. The Hall–Kier alpha value is -0.890. The maximum atomic E-state index is 9.47. The van der Waals surface area contributed by atoms with E-state index in [2.05, 4.69) is 22.0 Å². The first-order chi connectivity index (χ1) is 7.65. The first kappa shape index (κ1) is 13.2. The van der Waals surface area contributed by atoms with Crippen molar-refractivity contribution in [3.63, 3.8) is 0 Å². The van der Waals surface area contributed by atoms with Gasteiger partial charge < -0.3 is 5.11 Å². The largest absolute Gasteiger partial charge is 0.391 e. The van der Waals surface area contributed by atoms with E-state index in [1.165, 1.54) is 0 Å². The summed E-state index contributed by atoms with van der Waals surface area (Å²) in [5.41, 5.74) is 1.76. The summed E-state index contributed by atoms with van der Waals surface area (Å²) in [7, 11) is 1.95. The van der Waals surface area contributed by atoms with E-state index in [4.69, 9.17) is 5.26 Å². The van der Waals surface area contributed by atoms with Gasteiger partial charge in [0.15, 0.2) is 0 Å². The van der Waals surface area contributed by atoms with Crippen molar-refractivity contribution in [3.05, 3.63) is 35.4 Å². The number of halogens is 1. The standard InChI is InChI=1S/C12H15BrN2O/c1-15(9-12(16)6-13)8-11-4-2-3-10(5-11)7-14/h2-5,12,16H,6,8-9H2,1H3. The summed E-state index contributed by atoms with van der Waals surface area (Å²) in [6.45, 7) is 1.35. The Bertz CT molecular complexity index is 376. The monoisotopic (exact) mass is 282 g/mol. The third-order valence-corrected chi connectivity index (χ3v) is 2.96. The smallest absolute Gasteiger partial charge is 0.0991 e. The van der Waals surface area contributed by atoms with Crippen molar-refractivity contribution < 1.29 is 5.11 Å². The highest BCUT2D eigenvalue weighted by atomic mass is 79.9. The fourth-order valence-corrected chi connectivity index (χ4v) is 1.73. The Morgan fingerprint density at radius 3 is 2.94 bits per heavy atom. The number of rotatable bonds is 5. The van der Waals surface area contributed by atoms with E-state index in [9.17, 15) is 5.11 Å². The molecule has 1 atom stereocenters. The van der Waals surface area contributed by atoms with E-state index < -0.39 is 0 Å². The van der Waals surface area contributed by atoms with E-state index in [1.807, 2.05) is 30.1 Å². The molecule has 16 heavy (non-hydrogen) atoms. The van der Waals surface area contributed by atoms with Crippen LogP contribution in [0.5, 0.6) is 0 Å². The molecule has 86 valence electrons. The molecule has 1 aromatic carbocycles. The van der Waals surface area contributed by atoms with Crippen molar-refractivity contribution >= 4 is 15.9 Å². The van der Waals surface area contributed by atoms with Gasteiger partial charge >= 0.3 is 0 Å². The molecule has 0 aliphatic rings. The van der Waals surface area contributed by atoms with E-state index in [0.29, 0.717) is 17.4 Å². The molecule has 0 aromatic heterocycles. The molecule has 0 heterocycles. The van der Waals surface area contributed by atoms with Gasteiger partial charge in [-0.25, -0.2) is 0 Å². The fraction of sp³-hybridized carbons (Fsp3) is 0.417. The van der Waals surface area contributed by atoms with Crippen molar-refractivity contribution in [1.82, 2.24) is 4.90 Å². The van der Waals surface area contributed by atoms with Gasteiger partial charge in [0, 0.05) is 18.4 Å². The Morgan fingerprint density at radius 2 is 2.31 bits per heavy atom. The second-order valence-corrected chi connectivity index (χ2v) is 4.46. The van der Waals surface area contributed by atoms with Crippen LogP contribution in [0.15, 0.2) is 24.3 Å². The average molecular weight is 283 g/mol. The lowest BCUT2D eigenvalue weighted by Gasteiger charge is -2.19. The number of nitriles is 1. The molecule has 0 saturated heterocycles. The summed E-state index contributed by atoms with van der Waals surface area (Å²) >= 11 is 3.23. The van der Waals surface area contributed by atoms with Crippen LogP contribution in [0.1, 0.15) is 11.1 Å². The maximum Gasteiger partial charge on any atom is 0.0991 e. The molecule has 0 aliphatic carbocycles. The molecule has 1 rings (SSSR count). The minimum atomic E-state index is -0.357. The second-order valence-electron chi connectivity index (χ2n) is 3.82. The third kappa shape index (κ3) is 4.31. The maximum absolute atomic E-state index is 9.47. The zero-order chi connectivity index (χ0) is 12.0. The van der Waals surface area contributed by atoms with Crippen LogP contribution < -0.4 is 0 Å². The van der Waals surface area contributed by atoms with Crippen LogP contribution in [0.2, 0.25) is 0 Å². The predicted molar refractivity (Wildman–Crippen MR) is 67.3 cm³/mol. The van der Waals surface area contributed by atoms with Crippen LogP contribution in [0.25, 0.3) is 0 Å². The number of likely N-dealkylation sites (N-methyl/N-ethyl adjacent to an activating group) is 1. The van der Waals surface area contributed by atoms with Gasteiger partial charge in [-0.2, -0.15) is 5.26 Å². The SMILES string of the molecule is CN(Cc1cccc(C#N)c1)CC(O)CBr. The summed E-state index contributed by atoms with van der Waals surface area (Å²) in [6, 6.07) is 9.64. The molecule has 0 aliphatic heterocycles. The van der Waals surface area contributed by atoms with Crippen LogP contribution in [0.3, 0.4) is 0 Å². The molecule has 1 N–H and O–H groups in total. The van der Waals surface area contributed by atoms with E-state index in [-0.39, 0.29) is 6.10 Å². The molecule has 1 unspecified atom stereocenters. The number of benzene rings is 1. The highest BCUT2D eigenvalue weighted by molar-refractivity contribution is 9.09. The third-order valence-electron chi connectivity index (χ3n) is 2.21. The fourth-order valence-electron chi connectivity index (χ4n) is 1.52. The molecule has 1 aromatic rings. The lowest BCUT2D eigenvalue weighted by Crippen LogP contribution is -2.29. The van der Waals surface area contributed by atoms with Gasteiger partial charge in [-0.3, -0.25) is 4.90 Å². The Kier molecular flexibility index (Phi) is 5.47. The van der Waals surface area contributed by atoms with Crippen molar-refractivity contribution in [2.75, 3.05) is 18.9 Å². The molecular formula is C12H15BrN2O. The van der Waals surface area contributed by atoms with Crippen LogP contribution in [0.4, 0.5) is 0 Å². The van der Waals surface area contributed by atoms with Crippen LogP contribution in [-0.2, 0) is 6.54 Å². The average Bonchev–Trinajstić information content (AvgIpc) is 2.28. The van der Waals surface area contributed by atoms with Gasteiger partial charge in [-0.05, 0) is 24.7 Å². The topological polar surface area (TPSA) is 47.3 Å². The highest BCUT2D eigenvalue weighted by Gasteiger charge is 2.07. The zero-order valence-corrected chi connectivity index (χ0v) is 10.8. The number of aliphatic hydroxyl groups excluding tert-OH is 1. The van der Waals surface area contributed by atoms with Gasteiger partial charge in [0.25, 0.3) is 0 Å². The van der Waals surface area contributed by atoms with E-state index in [0.717, 1.165) is 12.1 Å². The molecule has 0 bridgehead atoms. The minimum absolute atomic E-state index is 0.357. The molecule has 0 amide bonds. The van der Waals surface area contributed by atoms with Gasteiger partial charge in [-0.1, -0.05) is 28.1 Å². The van der Waals surface area contributed by atoms with Gasteiger partial charge in [-0.15, -0.1) is 0 Å². The number of aliphatic hydroxyl groups is 1. The van der Waals surface area contributed by atoms with Crippen LogP contribution in [-0.4, -0.2) is 35.0 Å². The van der Waals surface area contributed by atoms with E-state index in [1.54, 1.807) is 6.07 Å². The zero-order valence-electron chi connectivity index (χ0n) is 9.23. The van der Waals surface area contributed by atoms with Gasteiger partial charge in [0.2, 0.25) is 0 Å². The summed E-state index contributed by atoms with van der Waals surface area (Å²) < 4.78 is 0. The number of hydrogen-bond donors (Lipinski definition) is 1. The summed E-state index contributed by atoms with van der Waals surface area (Å²) in [6.07, 6.45) is -0.357. The minimum Gasteiger partial charge on any atom is -0.391 e. The normalized spacial score (nSPS) is 12.4. The highest BCUT2D eigenvalue weighted by Crippen LogP contribution is 2.07. The molecular weight excluding hydrogens is 268 g/mol. The number of nitrogens with zero attached hydrogens (tertiary/aromatic N) is 2. The first-order valence-corrected chi connectivity index (χ1v) is 6.19. The van der Waals surface area contributed by atoms with Gasteiger partial charge in [0.1, 0.15) is 0 Å². The predicted octanol–water partition coefficient (Wildman–Crippen LogP) is 1.75. The second kappa shape index (κ2) is 6.64. The summed E-state index contributed by atoms with van der Waals surface area (Å²) in [5, 5.41) is 18.8. The van der Waals surface area contributed by atoms with Crippen molar-refractivity contribution in [1.29, 1.82) is 5.26 Å². The molecule has 3 nitrogen and oxygen atoms in total. The molecule has 0 saturated carbocycles. The lowest BCUT2D eigenvalue weighted by atomic mass is 10.1. The van der Waals surface area contributed by atoms with Gasteiger partial charge in [0.05, 0.1) is 17.7 Å². The van der Waals surface area contributed by atoms with Crippen LogP contribution >= 0.6 is 15.9 Å². The van der Waals surface area contributed by atoms with Crippen molar-refractivity contribution in [2.24, 2.45) is 0 Å². The number of hydrogen-bond acceptors (Lipinski definition) is 3. The molecule has 0 spiro atoms. The van der Waals surface area contributed by atoms with E-state index >= 15 is 0 Å². The molecule has 0 radical (unpaired) electrons. The quantitative estimate of drug-likeness (QED) is 0.837. The summed E-state index contributed by atoms with van der Waals surface area (Å²) in [5.74, 6) is 0.